The third-order valence-corrected chi connectivity index (χ3v) is 9.38. The van der Waals surface area contributed by atoms with Gasteiger partial charge in [0.15, 0.2) is 0 Å². The third kappa shape index (κ3) is 3.56. The molecule has 4 heteroatoms. The Balaban J connectivity index is 2.69. The highest BCUT2D eigenvalue weighted by molar-refractivity contribution is 6.99. The first-order valence-electron chi connectivity index (χ1n) is 8.14. The second kappa shape index (κ2) is 7.40. The molecule has 23 heavy (non-hydrogen) atoms. The lowest BCUT2D eigenvalue weighted by Gasteiger charge is -2.45. The lowest BCUT2D eigenvalue weighted by atomic mass is 10.2. The Kier molecular flexibility index (Phi) is 5.76. The maximum absolute atomic E-state index is 6.76. The van der Waals surface area contributed by atoms with Crippen LogP contribution in [-0.4, -0.2) is 27.5 Å². The molecule has 0 aliphatic rings. The largest absolute Gasteiger partial charge is 0.402 e. The Morgan fingerprint density at radius 3 is 1.52 bits per heavy atom. The molecule has 0 heterocycles. The predicted octanol–water partition coefficient (Wildman–Crippen LogP) is 1.85. The molecule has 0 radical (unpaired) electrons. The lowest BCUT2D eigenvalue weighted by molar-refractivity contribution is 0.203. The molecule has 3 nitrogen and oxygen atoms in total. The van der Waals surface area contributed by atoms with Crippen LogP contribution in [-0.2, 0) is 4.43 Å². The van der Waals surface area contributed by atoms with Crippen molar-refractivity contribution in [1.82, 2.24) is 0 Å². The van der Waals surface area contributed by atoms with Crippen LogP contribution in [0.25, 0.3) is 0 Å². The Labute approximate surface area is 140 Å². The molecule has 0 amide bonds. The minimum absolute atomic E-state index is 0.0434. The van der Waals surface area contributed by atoms with Gasteiger partial charge in [0.2, 0.25) is 0 Å². The van der Waals surface area contributed by atoms with E-state index in [0.717, 1.165) is 0 Å². The van der Waals surface area contributed by atoms with E-state index in [0.29, 0.717) is 13.1 Å². The highest BCUT2D eigenvalue weighted by atomic mass is 28.4. The normalized spacial score (nSPS) is 12.6. The van der Waals surface area contributed by atoms with Gasteiger partial charge >= 0.3 is 0 Å². The summed E-state index contributed by atoms with van der Waals surface area (Å²) >= 11 is 0. The SMILES string of the molecule is CC(C)(C)[Si](OC(CN)CN)(c1ccccc1)c1ccccc1. The first-order valence-corrected chi connectivity index (χ1v) is 10.1. The smallest absolute Gasteiger partial charge is 0.261 e. The monoisotopic (exact) mass is 328 g/mol. The van der Waals surface area contributed by atoms with Crippen molar-refractivity contribution in [2.75, 3.05) is 13.1 Å². The number of nitrogens with two attached hydrogens (primary N) is 2. The van der Waals surface area contributed by atoms with Gasteiger partial charge in [0.25, 0.3) is 8.32 Å². The molecule has 4 N–H and O–H groups in total. The zero-order valence-corrected chi connectivity index (χ0v) is 15.3. The second-order valence-corrected chi connectivity index (χ2v) is 11.1. The summed E-state index contributed by atoms with van der Waals surface area (Å²) < 4.78 is 6.76. The van der Waals surface area contributed by atoms with Crippen LogP contribution in [0.1, 0.15) is 20.8 Å². The van der Waals surface area contributed by atoms with Gasteiger partial charge in [-0.3, -0.25) is 0 Å². The number of hydrogen-bond donors (Lipinski definition) is 2. The highest BCUT2D eigenvalue weighted by Crippen LogP contribution is 2.37. The molecule has 0 saturated heterocycles. The summed E-state index contributed by atoms with van der Waals surface area (Å²) in [6.45, 7) is 7.62. The topological polar surface area (TPSA) is 61.3 Å². The average Bonchev–Trinajstić information content (AvgIpc) is 2.57. The molecule has 2 rings (SSSR count). The molecule has 124 valence electrons. The molecule has 0 fully saturated rings. The fourth-order valence-electron chi connectivity index (χ4n) is 3.13. The number of rotatable bonds is 6. The van der Waals surface area contributed by atoms with E-state index in [1.165, 1.54) is 10.4 Å². The van der Waals surface area contributed by atoms with Crippen LogP contribution < -0.4 is 21.8 Å². The van der Waals surface area contributed by atoms with Gasteiger partial charge in [-0.25, -0.2) is 0 Å². The molecule has 2 aromatic rings. The standard InChI is InChI=1S/C19H28N2OSi/c1-19(2,3)23(22-16(14-20)15-21,17-10-6-4-7-11-17)18-12-8-5-9-13-18/h4-13,16H,14-15,20-21H2,1-3H3. The molecule has 2 aromatic carbocycles. The average molecular weight is 329 g/mol. The van der Waals surface area contributed by atoms with Crippen LogP contribution in [0.2, 0.25) is 5.04 Å². The Hall–Kier alpha value is -1.46. The van der Waals surface area contributed by atoms with Crippen molar-refractivity contribution in [2.45, 2.75) is 31.9 Å². The van der Waals surface area contributed by atoms with Crippen molar-refractivity contribution in [1.29, 1.82) is 0 Å². The van der Waals surface area contributed by atoms with E-state index in [1.807, 2.05) is 12.1 Å². The second-order valence-electron chi connectivity index (χ2n) is 6.87. The Morgan fingerprint density at radius 2 is 1.22 bits per heavy atom. The quantitative estimate of drug-likeness (QED) is 0.796. The molecule has 0 unspecified atom stereocenters. The van der Waals surface area contributed by atoms with E-state index >= 15 is 0 Å². The molecular weight excluding hydrogens is 300 g/mol. The summed E-state index contributed by atoms with van der Waals surface area (Å²) in [4.78, 5) is 0. The molecule has 0 aromatic heterocycles. The van der Waals surface area contributed by atoms with Crippen molar-refractivity contribution in [3.8, 4) is 0 Å². The number of hydrogen-bond acceptors (Lipinski definition) is 3. The van der Waals surface area contributed by atoms with Gasteiger partial charge in [-0.1, -0.05) is 81.4 Å². The molecule has 0 atom stereocenters. The van der Waals surface area contributed by atoms with Crippen molar-refractivity contribution in [3.63, 3.8) is 0 Å². The molecule has 0 aliphatic heterocycles. The van der Waals surface area contributed by atoms with Crippen molar-refractivity contribution < 1.29 is 4.43 Å². The van der Waals surface area contributed by atoms with Gasteiger partial charge in [0.05, 0.1) is 6.10 Å². The highest BCUT2D eigenvalue weighted by Gasteiger charge is 2.51. The van der Waals surface area contributed by atoms with Crippen molar-refractivity contribution in [3.05, 3.63) is 60.7 Å². The molecule has 0 saturated carbocycles. The summed E-state index contributed by atoms with van der Waals surface area (Å²) in [5, 5.41) is 2.47. The maximum Gasteiger partial charge on any atom is 0.261 e. The van der Waals surface area contributed by atoms with Gasteiger partial charge in [-0.2, -0.15) is 0 Å². The Morgan fingerprint density at radius 1 is 0.826 bits per heavy atom. The van der Waals surface area contributed by atoms with Crippen molar-refractivity contribution in [2.24, 2.45) is 11.5 Å². The molecule has 0 bridgehead atoms. The van der Waals surface area contributed by atoms with Gasteiger partial charge in [-0.05, 0) is 15.4 Å². The third-order valence-electron chi connectivity index (χ3n) is 4.29. The first kappa shape index (κ1) is 17.9. The maximum atomic E-state index is 6.76. The molecular formula is C19H28N2OSi. The zero-order chi connectivity index (χ0) is 16.9. The summed E-state index contributed by atoms with van der Waals surface area (Å²) in [7, 11) is -2.51. The van der Waals surface area contributed by atoms with Gasteiger partial charge in [0, 0.05) is 13.1 Å². The van der Waals surface area contributed by atoms with Crippen LogP contribution >= 0.6 is 0 Å². The fraction of sp³-hybridized carbons (Fsp3) is 0.368. The summed E-state index contributed by atoms with van der Waals surface area (Å²) in [5.41, 5.74) is 11.8. The van der Waals surface area contributed by atoms with Crippen LogP contribution in [0.5, 0.6) is 0 Å². The van der Waals surface area contributed by atoms with Crippen LogP contribution in [0.3, 0.4) is 0 Å². The first-order chi connectivity index (χ1) is 11.0. The van der Waals surface area contributed by atoms with Gasteiger partial charge in [-0.15, -0.1) is 0 Å². The minimum Gasteiger partial charge on any atom is -0.402 e. The zero-order valence-electron chi connectivity index (χ0n) is 14.3. The van der Waals surface area contributed by atoms with Gasteiger partial charge in [0.1, 0.15) is 0 Å². The predicted molar refractivity (Wildman–Crippen MR) is 101 cm³/mol. The van der Waals surface area contributed by atoms with Crippen molar-refractivity contribution >= 4 is 18.7 Å². The summed E-state index contributed by atoms with van der Waals surface area (Å²) in [6.07, 6.45) is -0.138. The minimum atomic E-state index is -2.51. The van der Waals surface area contributed by atoms with E-state index in [1.54, 1.807) is 0 Å². The summed E-state index contributed by atoms with van der Waals surface area (Å²) in [6, 6.07) is 21.1. The van der Waals surface area contributed by atoms with E-state index < -0.39 is 8.32 Å². The molecule has 0 spiro atoms. The van der Waals surface area contributed by atoms with Crippen LogP contribution in [0.15, 0.2) is 60.7 Å². The summed E-state index contributed by atoms with van der Waals surface area (Å²) in [5.74, 6) is 0. The fourth-order valence-corrected chi connectivity index (χ4v) is 7.84. The van der Waals surface area contributed by atoms with E-state index in [9.17, 15) is 0 Å². The van der Waals surface area contributed by atoms with Crippen LogP contribution in [0.4, 0.5) is 0 Å². The van der Waals surface area contributed by atoms with E-state index in [-0.39, 0.29) is 11.1 Å². The lowest BCUT2D eigenvalue weighted by Crippen LogP contribution is -2.68. The van der Waals surface area contributed by atoms with E-state index in [2.05, 4.69) is 69.3 Å². The van der Waals surface area contributed by atoms with Gasteiger partial charge < -0.3 is 15.9 Å². The number of benzene rings is 2. The Bertz CT molecular complexity index is 552. The molecule has 0 aliphatic carbocycles. The van der Waals surface area contributed by atoms with Crippen LogP contribution in [0, 0.1) is 0 Å². The van der Waals surface area contributed by atoms with E-state index in [4.69, 9.17) is 15.9 Å².